The minimum Gasteiger partial charge on any atom is -0.390 e. The van der Waals surface area contributed by atoms with Gasteiger partial charge in [-0.05, 0) is 18.7 Å². The summed E-state index contributed by atoms with van der Waals surface area (Å²) in [5.74, 6) is -0.111. The number of nitrogens with one attached hydrogen (secondary N) is 1. The summed E-state index contributed by atoms with van der Waals surface area (Å²) in [6.07, 6.45) is -0.807. The predicted molar refractivity (Wildman–Crippen MR) is 88.6 cm³/mol. The maximum absolute atomic E-state index is 11.6. The number of hydrogen-bond donors (Lipinski definition) is 2. The minimum absolute atomic E-state index is 0.0218. The highest BCUT2D eigenvalue weighted by Crippen LogP contribution is 2.21. The van der Waals surface area contributed by atoms with E-state index in [9.17, 15) is 13.5 Å². The molecule has 1 aromatic rings. The Morgan fingerprint density at radius 2 is 1.86 bits per heavy atom. The fraction of sp³-hybridized carbons (Fsp3) is 0.625. The molecular formula is C16H26N2O3S. The molecule has 1 heterocycles. The van der Waals surface area contributed by atoms with E-state index in [0.717, 1.165) is 13.1 Å². The lowest BCUT2D eigenvalue weighted by Crippen LogP contribution is -2.44. The third-order valence-corrected chi connectivity index (χ3v) is 6.05. The van der Waals surface area contributed by atoms with Crippen LogP contribution in [0.25, 0.3) is 0 Å². The van der Waals surface area contributed by atoms with Crippen LogP contribution in [0.15, 0.2) is 30.3 Å². The van der Waals surface area contributed by atoms with Crippen molar-refractivity contribution in [3.63, 3.8) is 0 Å². The van der Waals surface area contributed by atoms with Gasteiger partial charge in [-0.2, -0.15) is 0 Å². The van der Waals surface area contributed by atoms with E-state index < -0.39 is 15.9 Å². The molecule has 1 aromatic carbocycles. The lowest BCUT2D eigenvalue weighted by atomic mass is 10.0. The van der Waals surface area contributed by atoms with Gasteiger partial charge in [0, 0.05) is 18.6 Å². The first-order valence-corrected chi connectivity index (χ1v) is 9.69. The highest BCUT2D eigenvalue weighted by Gasteiger charge is 2.36. The molecule has 0 spiro atoms. The van der Waals surface area contributed by atoms with Crippen molar-refractivity contribution >= 4 is 9.84 Å². The lowest BCUT2D eigenvalue weighted by molar-refractivity contribution is 0.151. The van der Waals surface area contributed by atoms with Gasteiger partial charge in [0.2, 0.25) is 0 Å². The van der Waals surface area contributed by atoms with Gasteiger partial charge in [0.1, 0.15) is 0 Å². The Bertz CT molecular complexity index is 558. The van der Waals surface area contributed by atoms with Crippen molar-refractivity contribution < 1.29 is 13.5 Å². The van der Waals surface area contributed by atoms with Crippen LogP contribution < -0.4 is 5.32 Å². The number of benzene rings is 1. The quantitative estimate of drug-likeness (QED) is 0.776. The van der Waals surface area contributed by atoms with Crippen molar-refractivity contribution in [2.45, 2.75) is 32.0 Å². The molecule has 0 bridgehead atoms. The molecule has 1 aliphatic rings. The van der Waals surface area contributed by atoms with Gasteiger partial charge in [-0.1, -0.05) is 44.2 Å². The largest absolute Gasteiger partial charge is 0.390 e. The van der Waals surface area contributed by atoms with Crippen LogP contribution in [0, 0.1) is 0 Å². The first-order chi connectivity index (χ1) is 10.5. The van der Waals surface area contributed by atoms with E-state index in [0.29, 0.717) is 6.54 Å². The number of nitrogens with zero attached hydrogens (tertiary/aromatic N) is 1. The standard InChI is InChI=1S/C16H26N2O3S/c1-3-18(4-2)15(13-8-6-5-7-9-13)10-17-14-11-22(20,21)12-16(14)19/h5-9,14-17,19H,3-4,10-12H2,1-2H3. The second-order valence-electron chi connectivity index (χ2n) is 5.81. The molecule has 3 atom stereocenters. The second-order valence-corrected chi connectivity index (χ2v) is 7.96. The Labute approximate surface area is 133 Å². The number of aliphatic hydroxyl groups is 1. The zero-order chi connectivity index (χ0) is 16.2. The number of hydrogen-bond acceptors (Lipinski definition) is 5. The van der Waals surface area contributed by atoms with Crippen molar-refractivity contribution in [2.24, 2.45) is 0 Å². The summed E-state index contributed by atoms with van der Waals surface area (Å²) < 4.78 is 23.2. The van der Waals surface area contributed by atoms with Crippen LogP contribution in [0.4, 0.5) is 0 Å². The fourth-order valence-corrected chi connectivity index (χ4v) is 4.86. The zero-order valence-electron chi connectivity index (χ0n) is 13.3. The molecule has 22 heavy (non-hydrogen) atoms. The average molecular weight is 326 g/mol. The molecule has 0 amide bonds. The molecule has 0 saturated carbocycles. The summed E-state index contributed by atoms with van der Waals surface area (Å²) in [4.78, 5) is 2.33. The predicted octanol–water partition coefficient (Wildman–Crippen LogP) is 0.817. The van der Waals surface area contributed by atoms with Gasteiger partial charge >= 0.3 is 0 Å². The van der Waals surface area contributed by atoms with Crippen LogP contribution in [0.3, 0.4) is 0 Å². The Morgan fingerprint density at radius 3 is 2.36 bits per heavy atom. The summed E-state index contributed by atoms with van der Waals surface area (Å²) in [7, 11) is -3.11. The summed E-state index contributed by atoms with van der Waals surface area (Å²) in [5.41, 5.74) is 1.20. The molecule has 1 saturated heterocycles. The van der Waals surface area contributed by atoms with Gasteiger partial charge in [0.05, 0.1) is 17.6 Å². The summed E-state index contributed by atoms with van der Waals surface area (Å²) in [6.45, 7) is 6.71. The maximum Gasteiger partial charge on any atom is 0.154 e. The molecular weight excluding hydrogens is 300 g/mol. The van der Waals surface area contributed by atoms with Crippen molar-refractivity contribution in [1.29, 1.82) is 0 Å². The Balaban J connectivity index is 2.07. The van der Waals surface area contributed by atoms with Crippen molar-refractivity contribution in [1.82, 2.24) is 10.2 Å². The van der Waals surface area contributed by atoms with E-state index in [1.807, 2.05) is 18.2 Å². The number of sulfone groups is 1. The van der Waals surface area contributed by atoms with Crippen molar-refractivity contribution in [3.05, 3.63) is 35.9 Å². The number of likely N-dealkylation sites (N-methyl/N-ethyl adjacent to an activating group) is 1. The van der Waals surface area contributed by atoms with Crippen LogP contribution in [0.1, 0.15) is 25.5 Å². The van der Waals surface area contributed by atoms with Gasteiger partial charge in [-0.25, -0.2) is 8.42 Å². The van der Waals surface area contributed by atoms with Crippen LogP contribution in [0.2, 0.25) is 0 Å². The highest BCUT2D eigenvalue weighted by atomic mass is 32.2. The first kappa shape index (κ1) is 17.4. The van der Waals surface area contributed by atoms with Crippen LogP contribution in [-0.4, -0.2) is 61.7 Å². The molecule has 1 aliphatic heterocycles. The molecule has 1 fully saturated rings. The average Bonchev–Trinajstić information content (AvgIpc) is 2.76. The topological polar surface area (TPSA) is 69.6 Å². The Hall–Kier alpha value is -0.950. The molecule has 0 radical (unpaired) electrons. The zero-order valence-corrected chi connectivity index (χ0v) is 14.1. The molecule has 6 heteroatoms. The van der Waals surface area contributed by atoms with Gasteiger partial charge < -0.3 is 10.4 Å². The van der Waals surface area contributed by atoms with E-state index in [2.05, 4.69) is 36.2 Å². The Kier molecular flexibility index (Phi) is 5.97. The third kappa shape index (κ3) is 4.29. The first-order valence-electron chi connectivity index (χ1n) is 7.87. The third-order valence-electron chi connectivity index (χ3n) is 4.33. The minimum atomic E-state index is -3.11. The van der Waals surface area contributed by atoms with E-state index in [4.69, 9.17) is 0 Å². The molecule has 124 valence electrons. The van der Waals surface area contributed by atoms with E-state index in [1.54, 1.807) is 0 Å². The SMILES string of the molecule is CCN(CC)C(CNC1CS(=O)(=O)CC1O)c1ccccc1. The Morgan fingerprint density at radius 1 is 1.23 bits per heavy atom. The maximum atomic E-state index is 11.6. The fourth-order valence-electron chi connectivity index (χ4n) is 3.08. The van der Waals surface area contributed by atoms with E-state index in [-0.39, 0.29) is 23.6 Å². The van der Waals surface area contributed by atoms with Gasteiger partial charge in [-0.15, -0.1) is 0 Å². The molecule has 3 unspecified atom stereocenters. The number of aliphatic hydroxyl groups excluding tert-OH is 1. The van der Waals surface area contributed by atoms with E-state index in [1.165, 1.54) is 5.56 Å². The summed E-state index contributed by atoms with van der Waals surface area (Å²) in [5, 5.41) is 13.2. The summed E-state index contributed by atoms with van der Waals surface area (Å²) >= 11 is 0. The smallest absolute Gasteiger partial charge is 0.154 e. The molecule has 2 rings (SSSR count). The highest BCUT2D eigenvalue weighted by molar-refractivity contribution is 7.91. The van der Waals surface area contributed by atoms with Crippen molar-refractivity contribution in [2.75, 3.05) is 31.1 Å². The van der Waals surface area contributed by atoms with Gasteiger partial charge in [-0.3, -0.25) is 4.90 Å². The van der Waals surface area contributed by atoms with Crippen LogP contribution in [0.5, 0.6) is 0 Å². The normalized spacial score (nSPS) is 25.5. The number of rotatable bonds is 7. The molecule has 5 nitrogen and oxygen atoms in total. The van der Waals surface area contributed by atoms with Crippen molar-refractivity contribution in [3.8, 4) is 0 Å². The van der Waals surface area contributed by atoms with Gasteiger partial charge in [0.15, 0.2) is 9.84 Å². The molecule has 0 aromatic heterocycles. The monoisotopic (exact) mass is 326 g/mol. The molecule has 0 aliphatic carbocycles. The van der Waals surface area contributed by atoms with E-state index >= 15 is 0 Å². The van der Waals surface area contributed by atoms with Crippen LogP contribution in [-0.2, 0) is 9.84 Å². The lowest BCUT2D eigenvalue weighted by Gasteiger charge is -2.31. The molecule has 2 N–H and O–H groups in total. The summed E-state index contributed by atoms with van der Waals surface area (Å²) in [6, 6.07) is 10.0. The van der Waals surface area contributed by atoms with Gasteiger partial charge in [0.25, 0.3) is 0 Å². The van der Waals surface area contributed by atoms with Crippen LogP contribution >= 0.6 is 0 Å². The second kappa shape index (κ2) is 7.55.